The van der Waals surface area contributed by atoms with Crippen molar-refractivity contribution in [3.05, 3.63) is 29.8 Å². The van der Waals surface area contributed by atoms with Gasteiger partial charge >= 0.3 is 0 Å². The Morgan fingerprint density at radius 3 is 2.57 bits per heavy atom. The first-order chi connectivity index (χ1) is 14.4. The normalized spacial score (nSPS) is 21.6. The molecule has 2 fully saturated rings. The van der Waals surface area contributed by atoms with E-state index in [0.29, 0.717) is 12.0 Å². The number of amides is 1. The molecule has 0 bridgehead atoms. The Bertz CT molecular complexity index is 677. The van der Waals surface area contributed by atoms with E-state index < -0.39 is 0 Å². The second-order valence-corrected chi connectivity index (χ2v) is 10.1. The molecule has 2 saturated heterocycles. The summed E-state index contributed by atoms with van der Waals surface area (Å²) in [4.78, 5) is 17.8. The lowest BCUT2D eigenvalue weighted by atomic mass is 9.94. The Hall–Kier alpha value is -1.59. The molecule has 168 valence electrons. The predicted octanol–water partition coefficient (Wildman–Crippen LogP) is 4.61. The summed E-state index contributed by atoms with van der Waals surface area (Å²) in [5.41, 5.74) is 1.07. The number of ether oxygens (including phenoxy) is 2. The van der Waals surface area contributed by atoms with Gasteiger partial charge < -0.3 is 19.3 Å². The van der Waals surface area contributed by atoms with Crippen molar-refractivity contribution >= 4 is 5.91 Å². The lowest BCUT2D eigenvalue weighted by Gasteiger charge is -2.36. The van der Waals surface area contributed by atoms with Crippen LogP contribution in [0, 0.1) is 5.41 Å². The summed E-state index contributed by atoms with van der Waals surface area (Å²) in [5.74, 6) is 0.946. The number of methoxy groups -OCH3 is 1. The molecule has 0 unspecified atom stereocenters. The number of hydrogen-bond acceptors (Lipinski definition) is 4. The van der Waals surface area contributed by atoms with Crippen molar-refractivity contribution < 1.29 is 14.3 Å². The minimum Gasteiger partial charge on any atom is -0.490 e. The molecule has 0 spiro atoms. The number of rotatable bonds is 7. The van der Waals surface area contributed by atoms with Crippen molar-refractivity contribution in [1.82, 2.24) is 9.80 Å². The van der Waals surface area contributed by atoms with Gasteiger partial charge in [-0.15, -0.1) is 0 Å². The third kappa shape index (κ3) is 6.71. The van der Waals surface area contributed by atoms with Crippen LogP contribution in [0.15, 0.2) is 24.3 Å². The van der Waals surface area contributed by atoms with E-state index in [1.807, 2.05) is 29.2 Å². The molecule has 1 aromatic rings. The van der Waals surface area contributed by atoms with E-state index in [0.717, 1.165) is 69.6 Å². The van der Waals surface area contributed by atoms with Crippen LogP contribution in [0.4, 0.5) is 0 Å². The molecule has 1 aromatic carbocycles. The minimum atomic E-state index is 0.126. The van der Waals surface area contributed by atoms with E-state index in [2.05, 4.69) is 25.7 Å². The lowest BCUT2D eigenvalue weighted by molar-refractivity contribution is 0.0551. The zero-order chi connectivity index (χ0) is 21.6. The largest absolute Gasteiger partial charge is 0.490 e. The van der Waals surface area contributed by atoms with Gasteiger partial charge in [0, 0.05) is 51.5 Å². The minimum absolute atomic E-state index is 0.126. The zero-order valence-electron chi connectivity index (χ0n) is 19.4. The van der Waals surface area contributed by atoms with Gasteiger partial charge in [-0.1, -0.05) is 26.8 Å². The molecule has 0 N–H and O–H groups in total. The highest BCUT2D eigenvalue weighted by molar-refractivity contribution is 5.94. The van der Waals surface area contributed by atoms with E-state index in [1.165, 1.54) is 6.42 Å². The van der Waals surface area contributed by atoms with Crippen molar-refractivity contribution in [1.29, 1.82) is 0 Å². The molecular weight excluding hydrogens is 376 g/mol. The highest BCUT2D eigenvalue weighted by Gasteiger charge is 2.28. The van der Waals surface area contributed by atoms with Gasteiger partial charge in [0.15, 0.2) is 0 Å². The van der Waals surface area contributed by atoms with Gasteiger partial charge in [-0.25, -0.2) is 0 Å². The van der Waals surface area contributed by atoms with Crippen LogP contribution < -0.4 is 4.74 Å². The Morgan fingerprint density at radius 1 is 1.10 bits per heavy atom. The van der Waals surface area contributed by atoms with Crippen molar-refractivity contribution in [2.24, 2.45) is 5.41 Å². The summed E-state index contributed by atoms with van der Waals surface area (Å²) < 4.78 is 11.5. The second kappa shape index (κ2) is 10.6. The van der Waals surface area contributed by atoms with Crippen LogP contribution in [0.5, 0.6) is 5.75 Å². The predicted molar refractivity (Wildman–Crippen MR) is 121 cm³/mol. The fourth-order valence-corrected chi connectivity index (χ4v) is 4.74. The molecule has 5 nitrogen and oxygen atoms in total. The molecule has 3 rings (SSSR count). The number of hydrogen-bond donors (Lipinski definition) is 0. The maximum absolute atomic E-state index is 13.2. The number of carbonyl (C=O) groups is 1. The highest BCUT2D eigenvalue weighted by Crippen LogP contribution is 2.26. The Balaban J connectivity index is 1.57. The SMILES string of the molecule is COCC[C@@H]1CCCCN1C(=O)c1cccc(OC2CCN(CC(C)(C)C)CC2)c1. The number of piperidine rings is 2. The number of nitrogens with zero attached hydrogens (tertiary/aromatic N) is 2. The Morgan fingerprint density at radius 2 is 1.87 bits per heavy atom. The summed E-state index contributed by atoms with van der Waals surface area (Å²) in [5, 5.41) is 0. The smallest absolute Gasteiger partial charge is 0.254 e. The third-order valence-electron chi connectivity index (χ3n) is 6.16. The third-order valence-corrected chi connectivity index (χ3v) is 6.16. The van der Waals surface area contributed by atoms with E-state index in [-0.39, 0.29) is 18.1 Å². The van der Waals surface area contributed by atoms with Crippen molar-refractivity contribution in [2.45, 2.75) is 71.4 Å². The van der Waals surface area contributed by atoms with E-state index in [4.69, 9.17) is 9.47 Å². The van der Waals surface area contributed by atoms with Crippen LogP contribution in [0.25, 0.3) is 0 Å². The summed E-state index contributed by atoms with van der Waals surface area (Å²) in [6, 6.07) is 8.07. The molecule has 0 aromatic heterocycles. The van der Waals surface area contributed by atoms with Gasteiger partial charge in [-0.05, 0) is 62.1 Å². The van der Waals surface area contributed by atoms with Gasteiger partial charge in [0.25, 0.3) is 5.91 Å². The molecule has 0 aliphatic carbocycles. The average molecular weight is 417 g/mol. The summed E-state index contributed by atoms with van der Waals surface area (Å²) >= 11 is 0. The van der Waals surface area contributed by atoms with Crippen LogP contribution in [-0.2, 0) is 4.74 Å². The van der Waals surface area contributed by atoms with Gasteiger partial charge in [0.05, 0.1) is 0 Å². The zero-order valence-corrected chi connectivity index (χ0v) is 19.4. The summed E-state index contributed by atoms with van der Waals surface area (Å²) in [6.07, 6.45) is 6.56. The monoisotopic (exact) mass is 416 g/mol. The molecule has 1 atom stereocenters. The Labute approximate surface area is 182 Å². The van der Waals surface area contributed by atoms with Crippen molar-refractivity contribution in [2.75, 3.05) is 39.9 Å². The number of carbonyl (C=O) groups excluding carboxylic acids is 1. The molecule has 0 saturated carbocycles. The molecule has 2 aliphatic heterocycles. The number of likely N-dealkylation sites (tertiary alicyclic amines) is 2. The topological polar surface area (TPSA) is 42.0 Å². The second-order valence-electron chi connectivity index (χ2n) is 10.1. The first-order valence-electron chi connectivity index (χ1n) is 11.6. The van der Waals surface area contributed by atoms with Crippen LogP contribution in [0.3, 0.4) is 0 Å². The van der Waals surface area contributed by atoms with Crippen molar-refractivity contribution in [3.63, 3.8) is 0 Å². The molecule has 2 heterocycles. The highest BCUT2D eigenvalue weighted by atomic mass is 16.5. The van der Waals surface area contributed by atoms with Gasteiger partial charge in [-0.2, -0.15) is 0 Å². The first-order valence-corrected chi connectivity index (χ1v) is 11.6. The van der Waals surface area contributed by atoms with Crippen molar-refractivity contribution in [3.8, 4) is 5.75 Å². The maximum atomic E-state index is 13.2. The molecular formula is C25H40N2O3. The fourth-order valence-electron chi connectivity index (χ4n) is 4.74. The first kappa shape index (κ1) is 23.1. The van der Waals surface area contributed by atoms with Crippen LogP contribution >= 0.6 is 0 Å². The maximum Gasteiger partial charge on any atom is 0.254 e. The van der Waals surface area contributed by atoms with Crippen LogP contribution in [-0.4, -0.2) is 67.7 Å². The fraction of sp³-hybridized carbons (Fsp3) is 0.720. The lowest BCUT2D eigenvalue weighted by Crippen LogP contribution is -2.44. The summed E-state index contributed by atoms with van der Waals surface area (Å²) in [6.45, 7) is 11.7. The van der Waals surface area contributed by atoms with E-state index in [1.54, 1.807) is 7.11 Å². The molecule has 0 radical (unpaired) electrons. The number of benzene rings is 1. The molecule has 30 heavy (non-hydrogen) atoms. The van der Waals surface area contributed by atoms with E-state index in [9.17, 15) is 4.79 Å². The molecule has 5 heteroatoms. The molecule has 1 amide bonds. The average Bonchev–Trinajstić information content (AvgIpc) is 2.72. The standard InChI is InChI=1S/C25H40N2O3/c1-25(2,3)19-26-15-11-22(12-16-26)30-23-10-7-8-20(18-23)24(28)27-14-6-5-9-21(27)13-17-29-4/h7-8,10,18,21-22H,5-6,9,11-17,19H2,1-4H3/t21-/m0/s1. The quantitative estimate of drug-likeness (QED) is 0.651. The van der Waals surface area contributed by atoms with Gasteiger partial charge in [-0.3, -0.25) is 4.79 Å². The van der Waals surface area contributed by atoms with E-state index >= 15 is 0 Å². The summed E-state index contributed by atoms with van der Waals surface area (Å²) in [7, 11) is 1.73. The van der Waals surface area contributed by atoms with Crippen LogP contribution in [0.2, 0.25) is 0 Å². The van der Waals surface area contributed by atoms with Crippen LogP contribution in [0.1, 0.15) is 69.7 Å². The van der Waals surface area contributed by atoms with Gasteiger partial charge in [0.1, 0.15) is 11.9 Å². The van der Waals surface area contributed by atoms with Gasteiger partial charge in [0.2, 0.25) is 0 Å². The molecule has 2 aliphatic rings. The Kier molecular flexibility index (Phi) is 8.18.